The van der Waals surface area contributed by atoms with Crippen LogP contribution in [0.4, 0.5) is 0 Å². The van der Waals surface area contributed by atoms with E-state index < -0.39 is 16.5 Å². The zero-order chi connectivity index (χ0) is 6.28. The number of rotatable bonds is 0. The molecule has 0 heterocycles. The van der Waals surface area contributed by atoms with Crippen molar-refractivity contribution < 1.29 is 27.1 Å². The van der Waals surface area contributed by atoms with E-state index in [1.165, 1.54) is 0 Å². The number of hydrogen-bond acceptors (Lipinski definition) is 1. The zero-order valence-electron chi connectivity index (χ0n) is 5.75. The third kappa shape index (κ3) is 488. The van der Waals surface area contributed by atoms with Gasteiger partial charge >= 0.3 is 35.3 Å². The molecule has 7 heteroatoms. The molecule has 0 aliphatic heterocycles. The van der Waals surface area contributed by atoms with Crippen molar-refractivity contribution in [3.63, 3.8) is 0 Å². The van der Waals surface area contributed by atoms with Gasteiger partial charge in [-0.05, 0) is 13.8 Å². The topological polar surface area (TPSA) is 119 Å². The maximum absolute atomic E-state index is 8.06. The smallest absolute Gasteiger partial charge is 0.693 e. The molecule has 0 amide bonds. The summed E-state index contributed by atoms with van der Waals surface area (Å²) in [7, 11) is 9.75. The fourth-order valence-electron chi connectivity index (χ4n) is 0. The molecule has 0 fully saturated rings. The van der Waals surface area contributed by atoms with Gasteiger partial charge in [0, 0.05) is 6.10 Å². The number of hydrogen-bond donors (Lipinski definition) is 1. The molecule has 0 bridgehead atoms. The zero-order valence-corrected chi connectivity index (χ0v) is 9.54. The summed E-state index contributed by atoms with van der Waals surface area (Å²) in [6, 6.07) is 0. The summed E-state index contributed by atoms with van der Waals surface area (Å²) >= 11 is -0.472. The standard InChI is InChI=1S/C3H8O.2ClH.2H2N.H2O.Pt/c1-3(2)4;;;;;;/h3-4H,1-2H3;2*1H;3*1H2;/q;;;2*-1;;+4/p-2. The predicted octanol–water partition coefficient (Wildman–Crippen LogP) is 2.37. The molecule has 0 aromatic heterocycles. The number of nitrogens with two attached hydrogens (primary N) is 2. The van der Waals surface area contributed by atoms with Crippen molar-refractivity contribution in [1.82, 2.24) is 0 Å². The summed E-state index contributed by atoms with van der Waals surface area (Å²) in [6.45, 7) is 3.44. The first-order valence-corrected chi connectivity index (χ1v) is 7.28. The van der Waals surface area contributed by atoms with Crippen LogP contribution in [-0.2, 0) is 16.5 Å². The van der Waals surface area contributed by atoms with E-state index in [1.807, 2.05) is 0 Å². The molecule has 0 aliphatic carbocycles. The van der Waals surface area contributed by atoms with Crippen molar-refractivity contribution in [3.05, 3.63) is 12.3 Å². The van der Waals surface area contributed by atoms with Crippen molar-refractivity contribution in [2.75, 3.05) is 0 Å². The molecule has 0 saturated heterocycles. The molecule has 0 aromatic rings. The van der Waals surface area contributed by atoms with E-state index in [2.05, 4.69) is 0 Å². The second kappa shape index (κ2) is 32.1. The van der Waals surface area contributed by atoms with E-state index in [-0.39, 0.29) is 23.9 Å². The number of aliphatic hydroxyl groups excluding tert-OH is 1. The molecular formula is C3H14Cl2N2O2Pt. The second-order valence-corrected chi connectivity index (χ2v) is 4.42. The van der Waals surface area contributed by atoms with Gasteiger partial charge in [0.1, 0.15) is 0 Å². The average molecular weight is 376 g/mol. The summed E-state index contributed by atoms with van der Waals surface area (Å²) in [6.07, 6.45) is -0.167. The van der Waals surface area contributed by atoms with Crippen molar-refractivity contribution in [3.8, 4) is 0 Å². The van der Waals surface area contributed by atoms with E-state index in [4.69, 9.17) is 23.9 Å². The molecule has 0 unspecified atom stereocenters. The van der Waals surface area contributed by atoms with Gasteiger partial charge in [0.25, 0.3) is 0 Å². The van der Waals surface area contributed by atoms with Crippen LogP contribution < -0.4 is 0 Å². The summed E-state index contributed by atoms with van der Waals surface area (Å²) in [5, 5.41) is 8.06. The van der Waals surface area contributed by atoms with E-state index in [1.54, 1.807) is 13.8 Å². The fraction of sp³-hybridized carbons (Fsp3) is 1.00. The molecule has 0 aromatic carbocycles. The quantitative estimate of drug-likeness (QED) is 0.686. The molecule has 72 valence electrons. The third-order valence-corrected chi connectivity index (χ3v) is 0. The Kier molecular flexibility index (Phi) is 97.8. The molecule has 0 radical (unpaired) electrons. The third-order valence-electron chi connectivity index (χ3n) is 0. The first-order chi connectivity index (χ1) is 3.15. The Morgan fingerprint density at radius 2 is 1.20 bits per heavy atom. The maximum atomic E-state index is 8.06. The average Bonchev–Trinajstić information content (AvgIpc) is 1.33. The van der Waals surface area contributed by atoms with Gasteiger partial charge in [0.15, 0.2) is 0 Å². The molecular weight excluding hydrogens is 362 g/mol. The normalized spacial score (nSPS) is 5.80. The van der Waals surface area contributed by atoms with E-state index in [0.29, 0.717) is 0 Å². The first kappa shape index (κ1) is 30.4. The van der Waals surface area contributed by atoms with E-state index in [9.17, 15) is 0 Å². The summed E-state index contributed by atoms with van der Waals surface area (Å²) in [5.41, 5.74) is 0. The molecule has 0 rings (SSSR count). The Hall–Kier alpha value is 1.11. The van der Waals surface area contributed by atoms with E-state index in [0.717, 1.165) is 0 Å². The number of halogens is 2. The van der Waals surface area contributed by atoms with Crippen molar-refractivity contribution in [2.24, 2.45) is 0 Å². The van der Waals surface area contributed by atoms with Crippen LogP contribution >= 0.6 is 18.8 Å². The maximum Gasteiger partial charge on any atom is -0.693 e. The van der Waals surface area contributed by atoms with Gasteiger partial charge in [-0.15, -0.1) is 0 Å². The summed E-state index contributed by atoms with van der Waals surface area (Å²) < 4.78 is 0. The Labute approximate surface area is 78.1 Å². The predicted molar refractivity (Wildman–Crippen MR) is 43.2 cm³/mol. The molecule has 7 N–H and O–H groups in total. The van der Waals surface area contributed by atoms with Crippen molar-refractivity contribution >= 4 is 18.8 Å². The molecule has 0 saturated carbocycles. The summed E-state index contributed by atoms with van der Waals surface area (Å²) in [5.74, 6) is 0. The molecule has 10 heavy (non-hydrogen) atoms. The largest absolute Gasteiger partial charge is 0.693 e. The Balaban J connectivity index is -0.0000000131. The van der Waals surface area contributed by atoms with Crippen LogP contribution in [-0.4, -0.2) is 16.7 Å². The number of aliphatic hydroxyl groups is 1. The molecule has 0 spiro atoms. The van der Waals surface area contributed by atoms with Gasteiger partial charge in [0.05, 0.1) is 0 Å². The van der Waals surface area contributed by atoms with Crippen LogP contribution in [0.2, 0.25) is 0 Å². The van der Waals surface area contributed by atoms with Gasteiger partial charge < -0.3 is 22.9 Å². The SMILES string of the molecule is CC(C)O.O.[Cl][Pt+2][Cl].[NH2-].[NH2-]. The van der Waals surface area contributed by atoms with Gasteiger partial charge in [-0.2, -0.15) is 0 Å². The van der Waals surface area contributed by atoms with Gasteiger partial charge in [-0.1, -0.05) is 0 Å². The van der Waals surface area contributed by atoms with Crippen molar-refractivity contribution in [2.45, 2.75) is 20.0 Å². The minimum absolute atomic E-state index is 0. The molecule has 0 atom stereocenters. The Bertz CT molecular complexity index is 33.7. The minimum Gasteiger partial charge on any atom is -0.693 e. The van der Waals surface area contributed by atoms with E-state index >= 15 is 0 Å². The van der Waals surface area contributed by atoms with Gasteiger partial charge in [-0.3, -0.25) is 0 Å². The molecule has 4 nitrogen and oxygen atoms in total. The Morgan fingerprint density at radius 3 is 1.20 bits per heavy atom. The van der Waals surface area contributed by atoms with Crippen LogP contribution in [0.5, 0.6) is 0 Å². The van der Waals surface area contributed by atoms with Gasteiger partial charge in [0.2, 0.25) is 0 Å². The van der Waals surface area contributed by atoms with Crippen LogP contribution in [0.3, 0.4) is 0 Å². The minimum atomic E-state index is -0.472. The van der Waals surface area contributed by atoms with Crippen LogP contribution in [0, 0.1) is 0 Å². The monoisotopic (exact) mass is 375 g/mol. The van der Waals surface area contributed by atoms with Crippen molar-refractivity contribution in [1.29, 1.82) is 0 Å². The Morgan fingerprint density at radius 1 is 1.20 bits per heavy atom. The second-order valence-electron chi connectivity index (χ2n) is 1.14. The van der Waals surface area contributed by atoms with Gasteiger partial charge in [-0.25, -0.2) is 0 Å². The summed E-state index contributed by atoms with van der Waals surface area (Å²) in [4.78, 5) is 0. The van der Waals surface area contributed by atoms with Crippen LogP contribution in [0.1, 0.15) is 13.8 Å². The van der Waals surface area contributed by atoms with Crippen LogP contribution in [0.25, 0.3) is 12.3 Å². The first-order valence-electron chi connectivity index (χ1n) is 1.65. The van der Waals surface area contributed by atoms with Crippen LogP contribution in [0.15, 0.2) is 0 Å². The fourth-order valence-corrected chi connectivity index (χ4v) is 0. The molecule has 0 aliphatic rings.